The lowest BCUT2D eigenvalue weighted by molar-refractivity contribution is 0.194. The summed E-state index contributed by atoms with van der Waals surface area (Å²) < 4.78 is 0. The van der Waals surface area contributed by atoms with Crippen molar-refractivity contribution in [1.29, 1.82) is 0 Å². The quantitative estimate of drug-likeness (QED) is 0.534. The number of nitrogens with zero attached hydrogens (tertiary/aromatic N) is 1. The molecule has 2 fully saturated rings. The fourth-order valence-corrected chi connectivity index (χ4v) is 1.46. The minimum absolute atomic E-state index is 0.560. The molecule has 0 spiro atoms. The third-order valence-corrected chi connectivity index (χ3v) is 2.51. The molecule has 0 atom stereocenters. The van der Waals surface area contributed by atoms with E-state index in [0.29, 0.717) is 12.1 Å². The van der Waals surface area contributed by atoms with Crippen molar-refractivity contribution < 1.29 is 4.79 Å². The van der Waals surface area contributed by atoms with Gasteiger partial charge in [0, 0.05) is 12.1 Å². The molecule has 2 aliphatic rings. The summed E-state index contributed by atoms with van der Waals surface area (Å²) >= 11 is 0. The molecule has 10 heavy (non-hydrogen) atoms. The van der Waals surface area contributed by atoms with E-state index in [9.17, 15) is 4.79 Å². The molecular formula is C8H12NO. The van der Waals surface area contributed by atoms with Crippen LogP contribution >= 0.6 is 0 Å². The second-order valence-corrected chi connectivity index (χ2v) is 3.31. The van der Waals surface area contributed by atoms with Gasteiger partial charge in [0.1, 0.15) is 0 Å². The van der Waals surface area contributed by atoms with E-state index in [1.807, 2.05) is 11.3 Å². The van der Waals surface area contributed by atoms with Crippen molar-refractivity contribution in [2.75, 3.05) is 0 Å². The molecule has 1 amide bonds. The summed E-state index contributed by atoms with van der Waals surface area (Å²) in [6.07, 6.45) is 8.21. The highest BCUT2D eigenvalue weighted by Crippen LogP contribution is 2.33. The molecule has 2 heteroatoms. The summed E-state index contributed by atoms with van der Waals surface area (Å²) in [4.78, 5) is 12.3. The summed E-state index contributed by atoms with van der Waals surface area (Å²) in [5.74, 6) is 0. The Balaban J connectivity index is 1.89. The maximum absolute atomic E-state index is 10.4. The zero-order valence-electron chi connectivity index (χ0n) is 6.05. The van der Waals surface area contributed by atoms with Gasteiger partial charge in [-0.05, 0) is 32.1 Å². The van der Waals surface area contributed by atoms with Crippen molar-refractivity contribution in [1.82, 2.24) is 4.90 Å². The van der Waals surface area contributed by atoms with Gasteiger partial charge in [-0.15, -0.1) is 0 Å². The van der Waals surface area contributed by atoms with E-state index in [-0.39, 0.29) is 0 Å². The van der Waals surface area contributed by atoms with E-state index < -0.39 is 0 Å². The number of rotatable bonds is 3. The van der Waals surface area contributed by atoms with Crippen molar-refractivity contribution in [3.05, 3.63) is 0 Å². The Morgan fingerprint density at radius 3 is 2.00 bits per heavy atom. The molecule has 2 aliphatic carbocycles. The summed E-state index contributed by atoms with van der Waals surface area (Å²) in [5.41, 5.74) is 0. The van der Waals surface area contributed by atoms with Crippen LogP contribution in [-0.2, 0) is 4.79 Å². The summed E-state index contributed by atoms with van der Waals surface area (Å²) in [5, 5.41) is 0. The highest BCUT2D eigenvalue weighted by Gasteiger charge is 2.35. The SMILES string of the molecule is O=[C]N(C1CCC1)C1CC1. The predicted octanol–water partition coefficient (Wildman–Crippen LogP) is 1.07. The summed E-state index contributed by atoms with van der Waals surface area (Å²) in [7, 11) is 0. The Hall–Kier alpha value is -0.530. The molecular weight excluding hydrogens is 126 g/mol. The molecule has 0 saturated heterocycles. The van der Waals surface area contributed by atoms with Gasteiger partial charge in [-0.2, -0.15) is 0 Å². The van der Waals surface area contributed by atoms with Gasteiger partial charge >= 0.3 is 6.41 Å². The molecule has 0 heterocycles. The Labute approximate surface area is 61.2 Å². The Morgan fingerprint density at radius 1 is 1.10 bits per heavy atom. The van der Waals surface area contributed by atoms with E-state index in [1.54, 1.807) is 0 Å². The number of carbonyl (C=O) groups excluding carboxylic acids is 1. The van der Waals surface area contributed by atoms with E-state index in [2.05, 4.69) is 0 Å². The van der Waals surface area contributed by atoms with Crippen molar-refractivity contribution in [3.8, 4) is 0 Å². The van der Waals surface area contributed by atoms with E-state index in [0.717, 1.165) is 0 Å². The average Bonchev–Trinajstić information content (AvgIpc) is 2.58. The first-order valence-corrected chi connectivity index (χ1v) is 4.08. The standard InChI is InChI=1S/C8H12NO/c10-6-9(8-4-5-8)7-2-1-3-7/h7-8H,1-5H2. The molecule has 2 rings (SSSR count). The Bertz CT molecular complexity index is 138. The van der Waals surface area contributed by atoms with Crippen molar-refractivity contribution in [2.24, 2.45) is 0 Å². The molecule has 0 aliphatic heterocycles. The van der Waals surface area contributed by atoms with Crippen LogP contribution in [0.25, 0.3) is 0 Å². The zero-order chi connectivity index (χ0) is 6.97. The minimum atomic E-state index is 0.560. The number of hydrogen-bond donors (Lipinski definition) is 0. The summed E-state index contributed by atoms with van der Waals surface area (Å²) in [6.45, 7) is 0. The van der Waals surface area contributed by atoms with Crippen LogP contribution in [0.5, 0.6) is 0 Å². The number of amides is 1. The van der Waals surface area contributed by atoms with E-state index in [1.165, 1.54) is 32.1 Å². The van der Waals surface area contributed by atoms with E-state index in [4.69, 9.17) is 0 Å². The van der Waals surface area contributed by atoms with Crippen LogP contribution in [0.3, 0.4) is 0 Å². The lowest BCUT2D eigenvalue weighted by Gasteiger charge is -2.34. The average molecular weight is 138 g/mol. The lowest BCUT2D eigenvalue weighted by atomic mass is 9.92. The number of hydrogen-bond acceptors (Lipinski definition) is 1. The molecule has 0 bridgehead atoms. The normalized spacial score (nSPS) is 25.6. The Morgan fingerprint density at radius 2 is 1.70 bits per heavy atom. The molecule has 55 valence electrons. The molecule has 0 aromatic rings. The first-order chi connectivity index (χ1) is 4.92. The Kier molecular flexibility index (Phi) is 1.40. The fraction of sp³-hybridized carbons (Fsp3) is 0.875. The fourth-order valence-electron chi connectivity index (χ4n) is 1.46. The largest absolute Gasteiger partial charge is 0.328 e. The van der Waals surface area contributed by atoms with Crippen LogP contribution in [0.1, 0.15) is 32.1 Å². The second kappa shape index (κ2) is 2.26. The van der Waals surface area contributed by atoms with Crippen molar-refractivity contribution in [2.45, 2.75) is 44.2 Å². The van der Waals surface area contributed by atoms with Crippen LogP contribution in [0.4, 0.5) is 0 Å². The van der Waals surface area contributed by atoms with Crippen LogP contribution < -0.4 is 0 Å². The van der Waals surface area contributed by atoms with Gasteiger partial charge in [0.15, 0.2) is 0 Å². The molecule has 2 saturated carbocycles. The molecule has 0 N–H and O–H groups in total. The van der Waals surface area contributed by atoms with Gasteiger partial charge in [0.25, 0.3) is 0 Å². The third-order valence-electron chi connectivity index (χ3n) is 2.51. The zero-order valence-corrected chi connectivity index (χ0v) is 6.05. The molecule has 2 nitrogen and oxygen atoms in total. The minimum Gasteiger partial charge on any atom is -0.328 e. The predicted molar refractivity (Wildman–Crippen MR) is 38.2 cm³/mol. The molecule has 0 aromatic carbocycles. The highest BCUT2D eigenvalue weighted by molar-refractivity contribution is 5.50. The van der Waals surface area contributed by atoms with Gasteiger partial charge < -0.3 is 4.90 Å². The van der Waals surface area contributed by atoms with Crippen LogP contribution in [0.15, 0.2) is 0 Å². The molecule has 0 unspecified atom stereocenters. The van der Waals surface area contributed by atoms with Crippen LogP contribution in [0, 0.1) is 0 Å². The first-order valence-electron chi connectivity index (χ1n) is 4.08. The monoisotopic (exact) mass is 138 g/mol. The van der Waals surface area contributed by atoms with Gasteiger partial charge in [-0.3, -0.25) is 4.79 Å². The third kappa shape index (κ3) is 0.917. The smallest absolute Gasteiger partial charge is 0.312 e. The van der Waals surface area contributed by atoms with Crippen LogP contribution in [-0.4, -0.2) is 23.4 Å². The first kappa shape index (κ1) is 6.20. The maximum atomic E-state index is 10.4. The molecule has 0 aromatic heterocycles. The second-order valence-electron chi connectivity index (χ2n) is 3.31. The lowest BCUT2D eigenvalue weighted by Crippen LogP contribution is -2.40. The maximum Gasteiger partial charge on any atom is 0.312 e. The molecule has 1 radical (unpaired) electrons. The summed E-state index contributed by atoms with van der Waals surface area (Å²) in [6, 6.07) is 1.13. The highest BCUT2D eigenvalue weighted by atomic mass is 16.1. The van der Waals surface area contributed by atoms with Gasteiger partial charge in [-0.1, -0.05) is 0 Å². The van der Waals surface area contributed by atoms with Gasteiger partial charge in [0.2, 0.25) is 0 Å². The van der Waals surface area contributed by atoms with Gasteiger partial charge in [0.05, 0.1) is 0 Å². The van der Waals surface area contributed by atoms with E-state index >= 15 is 0 Å². The van der Waals surface area contributed by atoms with Gasteiger partial charge in [-0.25, -0.2) is 0 Å². The topological polar surface area (TPSA) is 20.3 Å². The van der Waals surface area contributed by atoms with Crippen molar-refractivity contribution in [3.63, 3.8) is 0 Å². The van der Waals surface area contributed by atoms with Crippen molar-refractivity contribution >= 4 is 6.41 Å². The van der Waals surface area contributed by atoms with Crippen LogP contribution in [0.2, 0.25) is 0 Å².